The highest BCUT2D eigenvalue weighted by molar-refractivity contribution is 5.97. The molecular weight excluding hydrogens is 292 g/mol. The highest BCUT2D eigenvalue weighted by atomic mass is 16.5. The first-order chi connectivity index (χ1) is 11.1. The Morgan fingerprint density at radius 1 is 1.22 bits per heavy atom. The van der Waals surface area contributed by atoms with Gasteiger partial charge >= 0.3 is 0 Å². The van der Waals surface area contributed by atoms with Crippen LogP contribution in [-0.2, 0) is 17.8 Å². The molecule has 0 aliphatic carbocycles. The molecule has 6 nitrogen and oxygen atoms in total. The van der Waals surface area contributed by atoms with E-state index >= 15 is 0 Å². The molecule has 1 amide bonds. The van der Waals surface area contributed by atoms with Gasteiger partial charge in [0.2, 0.25) is 0 Å². The van der Waals surface area contributed by atoms with E-state index in [9.17, 15) is 10.0 Å². The number of fused-ring (bicyclic) bond motifs is 2. The summed E-state index contributed by atoms with van der Waals surface area (Å²) in [6.45, 7) is 0.561. The third-order valence-corrected chi connectivity index (χ3v) is 4.19. The SMILES string of the molecule is N[C@H]1Cc2cn(Cc3cccc4ccccc34)nc2N(O)C1=O. The molecule has 0 bridgehead atoms. The number of carbonyl (C=O) groups is 1. The van der Waals surface area contributed by atoms with Crippen LogP contribution in [0.1, 0.15) is 11.1 Å². The summed E-state index contributed by atoms with van der Waals surface area (Å²) in [6, 6.07) is 13.6. The van der Waals surface area contributed by atoms with Gasteiger partial charge in [-0.15, -0.1) is 0 Å². The normalized spacial score (nSPS) is 17.6. The fourth-order valence-corrected chi connectivity index (χ4v) is 3.05. The molecule has 4 rings (SSSR count). The lowest BCUT2D eigenvalue weighted by molar-refractivity contribution is -0.125. The first-order valence-electron chi connectivity index (χ1n) is 7.45. The zero-order chi connectivity index (χ0) is 16.0. The van der Waals surface area contributed by atoms with Crippen molar-refractivity contribution in [1.29, 1.82) is 0 Å². The molecule has 0 fully saturated rings. The number of hydroxylamine groups is 1. The minimum absolute atomic E-state index is 0.275. The smallest absolute Gasteiger partial charge is 0.269 e. The molecule has 23 heavy (non-hydrogen) atoms. The predicted octanol–water partition coefficient (Wildman–Crippen LogP) is 1.69. The number of anilines is 1. The average molecular weight is 308 g/mol. The van der Waals surface area contributed by atoms with Crippen LogP contribution in [0.3, 0.4) is 0 Å². The van der Waals surface area contributed by atoms with E-state index in [4.69, 9.17) is 5.73 Å². The second kappa shape index (κ2) is 5.19. The van der Waals surface area contributed by atoms with E-state index in [2.05, 4.69) is 29.4 Å². The lowest BCUT2D eigenvalue weighted by Crippen LogP contribution is -2.47. The molecule has 2 heterocycles. The highest BCUT2D eigenvalue weighted by Crippen LogP contribution is 2.25. The number of hydrogen-bond acceptors (Lipinski definition) is 4. The first kappa shape index (κ1) is 13.9. The summed E-state index contributed by atoms with van der Waals surface area (Å²) in [5.41, 5.74) is 7.64. The topological polar surface area (TPSA) is 84.4 Å². The fourth-order valence-electron chi connectivity index (χ4n) is 3.05. The number of hydrogen-bond donors (Lipinski definition) is 2. The van der Waals surface area contributed by atoms with Crippen molar-refractivity contribution in [3.05, 3.63) is 59.8 Å². The van der Waals surface area contributed by atoms with E-state index in [0.717, 1.165) is 16.5 Å². The lowest BCUT2D eigenvalue weighted by atomic mass is 10.0. The summed E-state index contributed by atoms with van der Waals surface area (Å²) in [5, 5.41) is 17.1. The van der Waals surface area contributed by atoms with E-state index in [1.165, 1.54) is 5.39 Å². The van der Waals surface area contributed by atoms with Crippen molar-refractivity contribution in [3.8, 4) is 0 Å². The number of carbonyl (C=O) groups excluding carboxylic acids is 1. The van der Waals surface area contributed by atoms with Gasteiger partial charge in [-0.2, -0.15) is 10.2 Å². The minimum atomic E-state index is -0.720. The Morgan fingerprint density at radius 3 is 2.87 bits per heavy atom. The second-order valence-corrected chi connectivity index (χ2v) is 5.77. The largest absolute Gasteiger partial charge is 0.320 e. The van der Waals surface area contributed by atoms with Crippen molar-refractivity contribution < 1.29 is 10.0 Å². The standard InChI is InChI=1S/C17H16N4O2/c18-15-8-13-10-20(19-16(13)21(23)17(15)22)9-12-6-3-5-11-4-1-2-7-14(11)12/h1-7,10,15,23H,8-9,18H2/t15-/m0/s1. The van der Waals surface area contributed by atoms with E-state index in [1.807, 2.05) is 24.4 Å². The first-order valence-corrected chi connectivity index (χ1v) is 7.45. The summed E-state index contributed by atoms with van der Waals surface area (Å²) in [4.78, 5) is 11.7. The second-order valence-electron chi connectivity index (χ2n) is 5.77. The van der Waals surface area contributed by atoms with Gasteiger partial charge in [0, 0.05) is 18.2 Å². The molecule has 2 aromatic carbocycles. The quantitative estimate of drug-likeness (QED) is 0.706. The Morgan fingerprint density at radius 2 is 2.00 bits per heavy atom. The van der Waals surface area contributed by atoms with Crippen LogP contribution in [-0.4, -0.2) is 26.9 Å². The number of nitrogens with zero attached hydrogens (tertiary/aromatic N) is 3. The van der Waals surface area contributed by atoms with Gasteiger partial charge in [-0.3, -0.25) is 14.7 Å². The van der Waals surface area contributed by atoms with Crippen molar-refractivity contribution in [2.24, 2.45) is 5.73 Å². The van der Waals surface area contributed by atoms with Gasteiger partial charge in [-0.1, -0.05) is 42.5 Å². The molecule has 1 atom stereocenters. The average Bonchev–Trinajstić information content (AvgIpc) is 2.96. The van der Waals surface area contributed by atoms with Crippen LogP contribution in [0.4, 0.5) is 5.82 Å². The van der Waals surface area contributed by atoms with Gasteiger partial charge in [0.1, 0.15) is 0 Å². The zero-order valence-electron chi connectivity index (χ0n) is 12.4. The number of benzene rings is 2. The van der Waals surface area contributed by atoms with Crippen molar-refractivity contribution >= 4 is 22.5 Å². The van der Waals surface area contributed by atoms with E-state index in [1.54, 1.807) is 4.68 Å². The summed E-state index contributed by atoms with van der Waals surface area (Å²) >= 11 is 0. The number of aromatic nitrogens is 2. The van der Waals surface area contributed by atoms with Gasteiger partial charge < -0.3 is 5.73 Å². The zero-order valence-corrected chi connectivity index (χ0v) is 12.4. The summed E-state index contributed by atoms with van der Waals surface area (Å²) in [7, 11) is 0. The van der Waals surface area contributed by atoms with Crippen LogP contribution in [0.5, 0.6) is 0 Å². The van der Waals surface area contributed by atoms with Crippen molar-refractivity contribution in [2.75, 3.05) is 5.06 Å². The molecule has 6 heteroatoms. The minimum Gasteiger partial charge on any atom is -0.320 e. The summed E-state index contributed by atoms with van der Waals surface area (Å²) < 4.78 is 1.74. The molecule has 116 valence electrons. The van der Waals surface area contributed by atoms with Crippen LogP contribution in [0.15, 0.2) is 48.7 Å². The van der Waals surface area contributed by atoms with Gasteiger partial charge in [0.05, 0.1) is 12.6 Å². The number of rotatable bonds is 2. The van der Waals surface area contributed by atoms with E-state index in [0.29, 0.717) is 18.0 Å². The van der Waals surface area contributed by atoms with Gasteiger partial charge in [-0.05, 0) is 16.3 Å². The Hall–Kier alpha value is -2.70. The molecular formula is C17H16N4O2. The van der Waals surface area contributed by atoms with Gasteiger partial charge in [-0.25, -0.2) is 0 Å². The fraction of sp³-hybridized carbons (Fsp3) is 0.176. The lowest BCUT2D eigenvalue weighted by Gasteiger charge is -2.22. The van der Waals surface area contributed by atoms with Crippen LogP contribution >= 0.6 is 0 Å². The highest BCUT2D eigenvalue weighted by Gasteiger charge is 2.32. The Balaban J connectivity index is 1.72. The molecule has 0 saturated heterocycles. The maximum atomic E-state index is 11.7. The van der Waals surface area contributed by atoms with E-state index in [-0.39, 0.29) is 5.82 Å². The van der Waals surface area contributed by atoms with Crippen molar-refractivity contribution in [2.45, 2.75) is 19.0 Å². The number of nitrogens with two attached hydrogens (primary N) is 1. The van der Waals surface area contributed by atoms with Crippen molar-refractivity contribution in [1.82, 2.24) is 9.78 Å². The molecule has 3 aromatic rings. The van der Waals surface area contributed by atoms with Gasteiger partial charge in [0.25, 0.3) is 5.91 Å². The number of amides is 1. The van der Waals surface area contributed by atoms with Crippen LogP contribution < -0.4 is 10.8 Å². The molecule has 0 unspecified atom stereocenters. The Labute approximate surface area is 132 Å². The van der Waals surface area contributed by atoms with Crippen LogP contribution in [0.2, 0.25) is 0 Å². The maximum Gasteiger partial charge on any atom is 0.269 e. The predicted molar refractivity (Wildman–Crippen MR) is 86.2 cm³/mol. The molecule has 0 saturated carbocycles. The molecule has 1 aliphatic rings. The maximum absolute atomic E-state index is 11.7. The monoisotopic (exact) mass is 308 g/mol. The molecule has 0 radical (unpaired) electrons. The molecule has 3 N–H and O–H groups in total. The summed E-state index contributed by atoms with van der Waals surface area (Å²) in [5.74, 6) is -0.246. The third kappa shape index (κ3) is 2.28. The third-order valence-electron chi connectivity index (χ3n) is 4.19. The summed E-state index contributed by atoms with van der Waals surface area (Å²) in [6.07, 6.45) is 2.23. The molecule has 0 spiro atoms. The Kier molecular flexibility index (Phi) is 3.14. The van der Waals surface area contributed by atoms with Crippen LogP contribution in [0, 0.1) is 0 Å². The molecule has 1 aliphatic heterocycles. The molecule has 1 aromatic heterocycles. The Bertz CT molecular complexity index is 897. The van der Waals surface area contributed by atoms with Crippen LogP contribution in [0.25, 0.3) is 10.8 Å². The van der Waals surface area contributed by atoms with Crippen molar-refractivity contribution in [3.63, 3.8) is 0 Å². The van der Waals surface area contributed by atoms with E-state index < -0.39 is 11.9 Å². The van der Waals surface area contributed by atoms with Gasteiger partial charge in [0.15, 0.2) is 5.82 Å².